The van der Waals surface area contributed by atoms with Gasteiger partial charge in [0.1, 0.15) is 5.75 Å². The third-order valence-corrected chi connectivity index (χ3v) is 7.53. The van der Waals surface area contributed by atoms with Crippen molar-refractivity contribution in [2.45, 2.75) is 20.4 Å². The number of thioether (sulfide) groups is 1. The molecule has 0 radical (unpaired) electrons. The van der Waals surface area contributed by atoms with E-state index in [9.17, 15) is 14.4 Å². The summed E-state index contributed by atoms with van der Waals surface area (Å²) in [6.07, 6.45) is 1.63. The Morgan fingerprint density at radius 3 is 2.58 bits per heavy atom. The van der Waals surface area contributed by atoms with Crippen molar-refractivity contribution in [1.29, 1.82) is 0 Å². The van der Waals surface area contributed by atoms with E-state index in [1.165, 1.54) is 4.90 Å². The molecule has 0 bridgehead atoms. The summed E-state index contributed by atoms with van der Waals surface area (Å²) in [6.45, 7) is 3.89. The van der Waals surface area contributed by atoms with Gasteiger partial charge in [-0.15, -0.1) is 0 Å². The fourth-order valence-corrected chi connectivity index (χ4v) is 5.08. The Bertz CT molecular complexity index is 1370. The van der Waals surface area contributed by atoms with E-state index >= 15 is 0 Å². The second kappa shape index (κ2) is 11.6. The van der Waals surface area contributed by atoms with Crippen LogP contribution in [0.5, 0.6) is 5.75 Å². The molecule has 4 rings (SSSR count). The first kappa shape index (κ1) is 26.4. The third-order valence-electron chi connectivity index (χ3n) is 5.41. The second-order valence-corrected chi connectivity index (χ2v) is 11.4. The summed E-state index contributed by atoms with van der Waals surface area (Å²) in [6, 6.07) is 18.8. The van der Waals surface area contributed by atoms with Crippen LogP contribution in [-0.4, -0.2) is 28.6 Å². The lowest BCUT2D eigenvalue weighted by molar-refractivity contribution is -0.123. The number of aryl methyl sites for hydroxylation is 2. The standard InChI is InChI=1S/C27H22BrIN2O4S/c1-16-3-4-17(2)22(11-16)30-25(32)15-35-23-10-7-20(28)12-19(23)13-24-26(33)31(27(34)36-24)14-18-5-8-21(29)9-6-18/h3-13H,14-15H2,1-2H3,(H,30,32)/b24-13-. The molecule has 0 atom stereocenters. The predicted octanol–water partition coefficient (Wildman–Crippen LogP) is 6.92. The van der Waals surface area contributed by atoms with Crippen molar-refractivity contribution in [2.75, 3.05) is 11.9 Å². The fraction of sp³-hybridized carbons (Fsp3) is 0.148. The molecule has 3 amide bonds. The van der Waals surface area contributed by atoms with Crippen molar-refractivity contribution in [1.82, 2.24) is 4.90 Å². The van der Waals surface area contributed by atoms with Crippen LogP contribution >= 0.6 is 50.3 Å². The molecule has 0 saturated carbocycles. The van der Waals surface area contributed by atoms with Gasteiger partial charge in [0, 0.05) is 19.3 Å². The molecule has 36 heavy (non-hydrogen) atoms. The fourth-order valence-electron chi connectivity index (χ4n) is 3.51. The van der Waals surface area contributed by atoms with Gasteiger partial charge >= 0.3 is 0 Å². The van der Waals surface area contributed by atoms with E-state index in [1.807, 2.05) is 56.3 Å². The number of rotatable bonds is 7. The van der Waals surface area contributed by atoms with Crippen LogP contribution in [0.15, 0.2) is 70.0 Å². The second-order valence-electron chi connectivity index (χ2n) is 8.23. The molecule has 1 aliphatic heterocycles. The highest BCUT2D eigenvalue weighted by atomic mass is 127. The maximum atomic E-state index is 13.0. The van der Waals surface area contributed by atoms with E-state index in [1.54, 1.807) is 24.3 Å². The average Bonchev–Trinajstić information content (AvgIpc) is 3.09. The normalized spacial score (nSPS) is 14.4. The summed E-state index contributed by atoms with van der Waals surface area (Å²) < 4.78 is 7.66. The molecule has 6 nitrogen and oxygen atoms in total. The van der Waals surface area contributed by atoms with Crippen molar-refractivity contribution in [3.05, 3.63) is 95.9 Å². The van der Waals surface area contributed by atoms with Gasteiger partial charge in [0.15, 0.2) is 6.61 Å². The highest BCUT2D eigenvalue weighted by Crippen LogP contribution is 2.35. The molecule has 1 heterocycles. The maximum Gasteiger partial charge on any atom is 0.293 e. The molecular weight excluding hydrogens is 655 g/mol. The summed E-state index contributed by atoms with van der Waals surface area (Å²) in [5, 5.41) is 2.55. The van der Waals surface area contributed by atoms with Crippen LogP contribution in [-0.2, 0) is 16.1 Å². The van der Waals surface area contributed by atoms with Crippen LogP contribution in [0.2, 0.25) is 0 Å². The number of benzene rings is 3. The first-order chi connectivity index (χ1) is 17.2. The van der Waals surface area contributed by atoms with E-state index in [2.05, 4.69) is 43.8 Å². The molecular formula is C27H22BrIN2O4S. The molecule has 1 saturated heterocycles. The predicted molar refractivity (Wildman–Crippen MR) is 155 cm³/mol. The Morgan fingerprint density at radius 2 is 1.83 bits per heavy atom. The van der Waals surface area contributed by atoms with E-state index in [4.69, 9.17) is 4.74 Å². The zero-order valence-electron chi connectivity index (χ0n) is 19.5. The lowest BCUT2D eigenvalue weighted by Gasteiger charge is -2.13. The zero-order valence-corrected chi connectivity index (χ0v) is 24.1. The van der Waals surface area contributed by atoms with Crippen LogP contribution in [0, 0.1) is 17.4 Å². The molecule has 0 spiro atoms. The van der Waals surface area contributed by atoms with Gasteiger partial charge in [0.25, 0.3) is 17.1 Å². The van der Waals surface area contributed by atoms with Gasteiger partial charge in [-0.2, -0.15) is 0 Å². The number of anilines is 1. The lowest BCUT2D eigenvalue weighted by atomic mass is 10.1. The summed E-state index contributed by atoms with van der Waals surface area (Å²) in [7, 11) is 0. The highest BCUT2D eigenvalue weighted by molar-refractivity contribution is 14.1. The van der Waals surface area contributed by atoms with Crippen LogP contribution in [0.4, 0.5) is 10.5 Å². The molecule has 0 unspecified atom stereocenters. The first-order valence-electron chi connectivity index (χ1n) is 11.0. The van der Waals surface area contributed by atoms with Gasteiger partial charge in [-0.1, -0.05) is 40.2 Å². The SMILES string of the molecule is Cc1ccc(C)c(NC(=O)COc2ccc(Br)cc2/C=C2\SC(=O)N(Cc3ccc(I)cc3)C2=O)c1. The lowest BCUT2D eigenvalue weighted by Crippen LogP contribution is -2.27. The molecule has 1 fully saturated rings. The minimum Gasteiger partial charge on any atom is -0.483 e. The number of nitrogens with one attached hydrogen (secondary N) is 1. The summed E-state index contributed by atoms with van der Waals surface area (Å²) in [5.41, 5.74) is 4.20. The minimum atomic E-state index is -0.359. The van der Waals surface area contributed by atoms with Gasteiger partial charge in [-0.05, 0) is 107 Å². The largest absolute Gasteiger partial charge is 0.483 e. The molecule has 1 N–H and O–H groups in total. The number of hydrogen-bond acceptors (Lipinski definition) is 5. The number of halogens is 2. The number of imide groups is 1. The summed E-state index contributed by atoms with van der Waals surface area (Å²) >= 11 is 6.54. The first-order valence-corrected chi connectivity index (χ1v) is 13.7. The Hall–Kier alpha value is -2.63. The number of amides is 3. The van der Waals surface area contributed by atoms with Crippen LogP contribution in [0.3, 0.4) is 0 Å². The van der Waals surface area contributed by atoms with Gasteiger partial charge in [-0.25, -0.2) is 0 Å². The molecule has 9 heteroatoms. The topological polar surface area (TPSA) is 75.7 Å². The zero-order chi connectivity index (χ0) is 25.8. The van der Waals surface area contributed by atoms with Crippen molar-refractivity contribution >= 4 is 79.1 Å². The quantitative estimate of drug-likeness (QED) is 0.217. The Kier molecular flexibility index (Phi) is 8.53. The van der Waals surface area contributed by atoms with E-state index in [-0.39, 0.29) is 30.2 Å². The van der Waals surface area contributed by atoms with Crippen molar-refractivity contribution < 1.29 is 19.1 Å². The Balaban J connectivity index is 1.48. The number of ether oxygens (including phenoxy) is 1. The van der Waals surface area contributed by atoms with Gasteiger partial charge < -0.3 is 10.1 Å². The molecule has 3 aromatic carbocycles. The third kappa shape index (κ3) is 6.57. The van der Waals surface area contributed by atoms with Crippen molar-refractivity contribution in [3.63, 3.8) is 0 Å². The Morgan fingerprint density at radius 1 is 1.08 bits per heavy atom. The molecule has 3 aromatic rings. The summed E-state index contributed by atoms with van der Waals surface area (Å²) in [5.74, 6) is -0.226. The van der Waals surface area contributed by atoms with Gasteiger partial charge in [-0.3, -0.25) is 19.3 Å². The Labute approximate surface area is 235 Å². The van der Waals surface area contributed by atoms with E-state index in [0.29, 0.717) is 16.2 Å². The van der Waals surface area contributed by atoms with Crippen molar-refractivity contribution in [3.8, 4) is 5.75 Å². The average molecular weight is 677 g/mol. The van der Waals surface area contributed by atoms with E-state index < -0.39 is 0 Å². The highest BCUT2D eigenvalue weighted by Gasteiger charge is 2.35. The number of carbonyl (C=O) groups is 3. The molecule has 184 valence electrons. The maximum absolute atomic E-state index is 13.0. The van der Waals surface area contributed by atoms with Gasteiger partial charge in [0.05, 0.1) is 11.4 Å². The monoisotopic (exact) mass is 676 g/mol. The molecule has 1 aliphatic rings. The number of hydrogen-bond donors (Lipinski definition) is 1. The van der Waals surface area contributed by atoms with Crippen LogP contribution in [0.25, 0.3) is 6.08 Å². The number of carbonyl (C=O) groups excluding carboxylic acids is 3. The van der Waals surface area contributed by atoms with Crippen LogP contribution < -0.4 is 10.1 Å². The van der Waals surface area contributed by atoms with Gasteiger partial charge in [0.2, 0.25) is 0 Å². The van der Waals surface area contributed by atoms with E-state index in [0.717, 1.165) is 42.2 Å². The smallest absolute Gasteiger partial charge is 0.293 e. The summed E-state index contributed by atoms with van der Waals surface area (Å²) in [4.78, 5) is 39.7. The number of nitrogens with zero attached hydrogens (tertiary/aromatic N) is 1. The molecule has 0 aliphatic carbocycles. The minimum absolute atomic E-state index is 0.204. The molecule has 0 aromatic heterocycles. The van der Waals surface area contributed by atoms with Crippen molar-refractivity contribution in [2.24, 2.45) is 0 Å². The van der Waals surface area contributed by atoms with Crippen LogP contribution in [0.1, 0.15) is 22.3 Å².